The van der Waals surface area contributed by atoms with Crippen LogP contribution in [0.5, 0.6) is 0 Å². The Morgan fingerprint density at radius 3 is 3.00 bits per heavy atom. The maximum absolute atomic E-state index is 11.2. The first-order valence-corrected chi connectivity index (χ1v) is 7.60. The maximum atomic E-state index is 11.2. The standard InChI is InChI=1S/C16H23NO5/c1-11(17-2)8-12-4-6-14-16(10-18,22-12)9-13(21-14)5-7-15(19)20-3/h5,7,11-14,18H,4,6,8-10H2,1,3H3/b7-5+/t11-,12?,13+,14+,16-/m1/s1. The average molecular weight is 309 g/mol. The Morgan fingerprint density at radius 2 is 2.36 bits per heavy atom. The number of aliphatic hydroxyl groups excluding tert-OH is 1. The van der Waals surface area contributed by atoms with Crippen LogP contribution in [0.3, 0.4) is 0 Å². The summed E-state index contributed by atoms with van der Waals surface area (Å²) in [7, 11) is 1.32. The lowest BCUT2D eigenvalue weighted by Gasteiger charge is -2.40. The van der Waals surface area contributed by atoms with Gasteiger partial charge < -0.3 is 24.2 Å². The Kier molecular flexibility index (Phi) is 5.57. The average Bonchev–Trinajstić information content (AvgIpc) is 2.90. The van der Waals surface area contributed by atoms with E-state index < -0.39 is 11.6 Å². The van der Waals surface area contributed by atoms with Gasteiger partial charge in [0.25, 0.3) is 0 Å². The predicted molar refractivity (Wildman–Crippen MR) is 79.0 cm³/mol. The van der Waals surface area contributed by atoms with E-state index >= 15 is 0 Å². The van der Waals surface area contributed by atoms with Gasteiger partial charge in [0.1, 0.15) is 5.60 Å². The van der Waals surface area contributed by atoms with Gasteiger partial charge in [-0.15, -0.1) is 0 Å². The van der Waals surface area contributed by atoms with Crippen molar-refractivity contribution in [3.63, 3.8) is 0 Å². The Morgan fingerprint density at radius 1 is 1.59 bits per heavy atom. The van der Waals surface area contributed by atoms with Crippen LogP contribution < -0.4 is 0 Å². The SMILES string of the molecule is [C-]#[N+][C@H](C)CC1CC[C@@H]2O[C@@H](/C=C/C(=O)OC)C[C@]2(CO)O1. The van der Waals surface area contributed by atoms with Gasteiger partial charge in [-0.2, -0.15) is 0 Å². The molecule has 6 nitrogen and oxygen atoms in total. The van der Waals surface area contributed by atoms with E-state index in [9.17, 15) is 9.90 Å². The molecule has 0 spiro atoms. The highest BCUT2D eigenvalue weighted by atomic mass is 16.6. The van der Waals surface area contributed by atoms with E-state index in [1.807, 2.05) is 6.92 Å². The molecule has 0 amide bonds. The van der Waals surface area contributed by atoms with Crippen molar-refractivity contribution in [3.8, 4) is 0 Å². The number of ether oxygens (including phenoxy) is 3. The molecule has 0 aliphatic carbocycles. The fraction of sp³-hybridized carbons (Fsp3) is 0.750. The van der Waals surface area contributed by atoms with Crippen LogP contribution in [0.15, 0.2) is 12.2 Å². The molecule has 0 radical (unpaired) electrons. The van der Waals surface area contributed by atoms with Crippen LogP contribution in [0.2, 0.25) is 0 Å². The molecular weight excluding hydrogens is 286 g/mol. The highest BCUT2D eigenvalue weighted by Gasteiger charge is 2.52. The normalized spacial score (nSPS) is 35.8. The van der Waals surface area contributed by atoms with Gasteiger partial charge in [-0.3, -0.25) is 0 Å². The van der Waals surface area contributed by atoms with Crippen LogP contribution in [-0.2, 0) is 19.0 Å². The summed E-state index contributed by atoms with van der Waals surface area (Å²) < 4.78 is 16.6. The molecular formula is C16H23NO5. The molecule has 0 aromatic heterocycles. The lowest BCUT2D eigenvalue weighted by Crippen LogP contribution is -2.51. The van der Waals surface area contributed by atoms with Gasteiger partial charge in [-0.1, -0.05) is 0 Å². The Hall–Kier alpha value is -1.42. The van der Waals surface area contributed by atoms with Crippen LogP contribution in [0, 0.1) is 6.57 Å². The van der Waals surface area contributed by atoms with Crippen molar-refractivity contribution >= 4 is 5.97 Å². The summed E-state index contributed by atoms with van der Waals surface area (Å²) in [6, 6.07) is -0.0883. The minimum Gasteiger partial charge on any atom is -0.466 e. The van der Waals surface area contributed by atoms with Crippen molar-refractivity contribution in [3.05, 3.63) is 23.6 Å². The number of carbonyl (C=O) groups excluding carboxylic acids is 1. The minimum absolute atomic E-state index is 0.0283. The third kappa shape index (κ3) is 3.67. The first kappa shape index (κ1) is 16.9. The number of aliphatic hydroxyl groups is 1. The molecule has 2 heterocycles. The van der Waals surface area contributed by atoms with Gasteiger partial charge in [0.15, 0.2) is 0 Å². The van der Waals surface area contributed by atoms with Crippen molar-refractivity contribution < 1.29 is 24.1 Å². The van der Waals surface area contributed by atoms with E-state index in [-0.39, 0.29) is 31.0 Å². The third-order valence-corrected chi connectivity index (χ3v) is 4.36. The zero-order chi connectivity index (χ0) is 16.2. The first-order chi connectivity index (χ1) is 10.5. The molecule has 0 aromatic carbocycles. The summed E-state index contributed by atoms with van der Waals surface area (Å²) in [5.74, 6) is -0.429. The lowest BCUT2D eigenvalue weighted by molar-refractivity contribution is -0.183. The maximum Gasteiger partial charge on any atom is 0.330 e. The number of esters is 1. The zero-order valence-electron chi connectivity index (χ0n) is 13.0. The molecule has 0 saturated carbocycles. The number of methoxy groups -OCH3 is 1. The van der Waals surface area contributed by atoms with Crippen LogP contribution in [-0.4, -0.2) is 54.7 Å². The monoisotopic (exact) mass is 309 g/mol. The van der Waals surface area contributed by atoms with Crippen molar-refractivity contribution in [1.82, 2.24) is 0 Å². The number of fused-ring (bicyclic) bond motifs is 1. The molecule has 22 heavy (non-hydrogen) atoms. The van der Waals surface area contributed by atoms with Gasteiger partial charge in [0.05, 0.1) is 32.0 Å². The largest absolute Gasteiger partial charge is 0.466 e. The number of rotatable bonds is 5. The van der Waals surface area contributed by atoms with E-state index in [1.54, 1.807) is 6.08 Å². The number of carbonyl (C=O) groups is 1. The Balaban J connectivity index is 2.01. The lowest BCUT2D eigenvalue weighted by atomic mass is 9.86. The topological polar surface area (TPSA) is 69.4 Å². The molecule has 2 aliphatic heterocycles. The molecule has 1 unspecified atom stereocenters. The molecule has 0 bridgehead atoms. The molecule has 6 heteroatoms. The second-order valence-electron chi connectivity index (χ2n) is 6.00. The van der Waals surface area contributed by atoms with Crippen molar-refractivity contribution in [2.45, 2.75) is 62.6 Å². The molecule has 5 atom stereocenters. The van der Waals surface area contributed by atoms with Crippen LogP contribution in [0.1, 0.15) is 32.6 Å². The second kappa shape index (κ2) is 7.23. The summed E-state index contributed by atoms with van der Waals surface area (Å²) in [5.41, 5.74) is -0.726. The van der Waals surface area contributed by atoms with Crippen LogP contribution in [0.25, 0.3) is 4.85 Å². The van der Waals surface area contributed by atoms with Crippen LogP contribution >= 0.6 is 0 Å². The second-order valence-corrected chi connectivity index (χ2v) is 6.00. The van der Waals surface area contributed by atoms with Crippen molar-refractivity contribution in [2.24, 2.45) is 0 Å². The van der Waals surface area contributed by atoms with Gasteiger partial charge in [-0.05, 0) is 18.9 Å². The van der Waals surface area contributed by atoms with E-state index in [0.29, 0.717) is 12.8 Å². The highest BCUT2D eigenvalue weighted by molar-refractivity contribution is 5.81. The summed E-state index contributed by atoms with van der Waals surface area (Å²) in [6.45, 7) is 8.81. The van der Waals surface area contributed by atoms with Crippen molar-refractivity contribution in [2.75, 3.05) is 13.7 Å². The number of nitrogens with zero attached hydrogens (tertiary/aromatic N) is 1. The summed E-state index contributed by atoms with van der Waals surface area (Å²) in [6.07, 6.45) is 5.30. The summed E-state index contributed by atoms with van der Waals surface area (Å²) in [5, 5.41) is 9.82. The van der Waals surface area contributed by atoms with E-state index in [2.05, 4.69) is 9.58 Å². The van der Waals surface area contributed by atoms with Crippen molar-refractivity contribution in [1.29, 1.82) is 0 Å². The minimum atomic E-state index is -0.726. The fourth-order valence-corrected chi connectivity index (χ4v) is 3.21. The molecule has 1 N–H and O–H groups in total. The number of hydrogen-bond donors (Lipinski definition) is 1. The zero-order valence-corrected chi connectivity index (χ0v) is 13.0. The molecule has 122 valence electrons. The fourth-order valence-electron chi connectivity index (χ4n) is 3.21. The number of hydrogen-bond acceptors (Lipinski definition) is 5. The van der Waals surface area contributed by atoms with E-state index in [1.165, 1.54) is 13.2 Å². The van der Waals surface area contributed by atoms with Gasteiger partial charge in [-0.25, -0.2) is 11.4 Å². The van der Waals surface area contributed by atoms with E-state index in [0.717, 1.165) is 12.8 Å². The molecule has 2 aliphatic rings. The van der Waals surface area contributed by atoms with Gasteiger partial charge in [0.2, 0.25) is 6.04 Å². The summed E-state index contributed by atoms with van der Waals surface area (Å²) in [4.78, 5) is 14.7. The Labute approximate surface area is 130 Å². The predicted octanol–water partition coefficient (Wildman–Crippen LogP) is 1.48. The smallest absolute Gasteiger partial charge is 0.330 e. The van der Waals surface area contributed by atoms with Gasteiger partial charge >= 0.3 is 5.97 Å². The third-order valence-electron chi connectivity index (χ3n) is 4.36. The highest BCUT2D eigenvalue weighted by Crippen LogP contribution is 2.42. The Bertz CT molecular complexity index is 472. The molecule has 2 saturated heterocycles. The van der Waals surface area contributed by atoms with Gasteiger partial charge in [0, 0.05) is 25.8 Å². The molecule has 2 fully saturated rings. The summed E-state index contributed by atoms with van der Waals surface area (Å²) >= 11 is 0. The van der Waals surface area contributed by atoms with Crippen LogP contribution in [0.4, 0.5) is 0 Å². The molecule has 0 aromatic rings. The van der Waals surface area contributed by atoms with E-state index in [4.69, 9.17) is 16.0 Å². The quantitative estimate of drug-likeness (QED) is 0.473. The first-order valence-electron chi connectivity index (χ1n) is 7.60. The molecule has 2 rings (SSSR count).